The lowest BCUT2D eigenvalue weighted by Crippen LogP contribution is -2.44. The predicted molar refractivity (Wildman–Crippen MR) is 130 cm³/mol. The van der Waals surface area contributed by atoms with Crippen molar-refractivity contribution in [1.29, 1.82) is 0 Å². The molecule has 0 spiro atoms. The standard InChI is InChI=1S/C26H28F3N3O3S/c27-18-4-7-24-21(15-18)26(25(17-30-24)36(33,34)20-5-6-22(28)23(29)16-20)32-9-2-1-3-19(32)8-10-31-11-13-35-14-12-31/h4-7,15-17,19H,1-3,8-14H2/t19-/m1/s1. The highest BCUT2D eigenvalue weighted by Gasteiger charge is 2.32. The van der Waals surface area contributed by atoms with E-state index in [-0.39, 0.29) is 15.8 Å². The molecule has 3 aromatic rings. The maximum absolute atomic E-state index is 14.4. The SMILES string of the molecule is O=S(=O)(c1ccc(F)c(F)c1)c1cnc2ccc(F)cc2c1N1CCCC[C@@H]1CCN1CCOCC1. The number of fused-ring (bicyclic) bond motifs is 1. The smallest absolute Gasteiger partial charge is 0.210 e. The third-order valence-corrected chi connectivity index (χ3v) is 8.81. The van der Waals surface area contributed by atoms with Gasteiger partial charge in [0.25, 0.3) is 0 Å². The molecule has 2 fully saturated rings. The van der Waals surface area contributed by atoms with E-state index in [9.17, 15) is 21.6 Å². The van der Waals surface area contributed by atoms with Crippen LogP contribution in [0.4, 0.5) is 18.9 Å². The van der Waals surface area contributed by atoms with Gasteiger partial charge in [-0.3, -0.25) is 9.88 Å². The summed E-state index contributed by atoms with van der Waals surface area (Å²) in [5.74, 6) is -2.89. The number of aromatic nitrogens is 1. The van der Waals surface area contributed by atoms with E-state index in [1.165, 1.54) is 24.4 Å². The highest BCUT2D eigenvalue weighted by molar-refractivity contribution is 7.91. The Labute approximate surface area is 208 Å². The zero-order valence-corrected chi connectivity index (χ0v) is 20.6. The highest BCUT2D eigenvalue weighted by Crippen LogP contribution is 2.39. The van der Waals surface area contributed by atoms with Crippen molar-refractivity contribution in [3.05, 3.63) is 60.0 Å². The van der Waals surface area contributed by atoms with Crippen LogP contribution in [-0.2, 0) is 14.6 Å². The van der Waals surface area contributed by atoms with E-state index in [4.69, 9.17) is 4.74 Å². The van der Waals surface area contributed by atoms with Crippen molar-refractivity contribution >= 4 is 26.4 Å². The molecule has 0 aliphatic carbocycles. The molecule has 0 saturated carbocycles. The van der Waals surface area contributed by atoms with Gasteiger partial charge >= 0.3 is 0 Å². The van der Waals surface area contributed by atoms with E-state index in [1.54, 1.807) is 0 Å². The third-order valence-electron chi connectivity index (χ3n) is 7.06. The van der Waals surface area contributed by atoms with Gasteiger partial charge in [0, 0.05) is 43.8 Å². The Hall–Kier alpha value is -2.69. The molecule has 1 aromatic heterocycles. The average Bonchev–Trinajstić information content (AvgIpc) is 2.89. The van der Waals surface area contributed by atoms with E-state index in [0.29, 0.717) is 42.4 Å². The number of ether oxygens (including phenoxy) is 1. The van der Waals surface area contributed by atoms with Gasteiger partial charge in [0.05, 0.1) is 29.3 Å². The van der Waals surface area contributed by atoms with Gasteiger partial charge in [0.1, 0.15) is 10.7 Å². The molecule has 36 heavy (non-hydrogen) atoms. The molecule has 0 amide bonds. The second-order valence-corrected chi connectivity index (χ2v) is 11.2. The number of piperidine rings is 1. The number of nitrogens with zero attached hydrogens (tertiary/aromatic N) is 3. The summed E-state index contributed by atoms with van der Waals surface area (Å²) in [6.45, 7) is 4.53. The number of hydrogen-bond acceptors (Lipinski definition) is 6. The summed E-state index contributed by atoms with van der Waals surface area (Å²) in [6, 6.07) is 6.66. The van der Waals surface area contributed by atoms with Crippen molar-refractivity contribution in [2.24, 2.45) is 0 Å². The van der Waals surface area contributed by atoms with Gasteiger partial charge in [-0.25, -0.2) is 21.6 Å². The normalized spacial score (nSPS) is 19.6. The van der Waals surface area contributed by atoms with Gasteiger partial charge in [-0.1, -0.05) is 0 Å². The van der Waals surface area contributed by atoms with Crippen LogP contribution in [-0.4, -0.2) is 63.7 Å². The van der Waals surface area contributed by atoms with E-state index in [2.05, 4.69) is 14.8 Å². The van der Waals surface area contributed by atoms with Crippen LogP contribution in [0.15, 0.2) is 52.4 Å². The Morgan fingerprint density at radius 1 is 0.972 bits per heavy atom. The van der Waals surface area contributed by atoms with Gasteiger partial charge in [0.2, 0.25) is 9.84 Å². The highest BCUT2D eigenvalue weighted by atomic mass is 32.2. The number of morpholine rings is 1. The molecule has 3 heterocycles. The molecule has 0 N–H and O–H groups in total. The molecule has 2 aliphatic rings. The van der Waals surface area contributed by atoms with Crippen LogP contribution in [0.2, 0.25) is 0 Å². The van der Waals surface area contributed by atoms with Gasteiger partial charge in [0.15, 0.2) is 11.6 Å². The number of pyridine rings is 1. The zero-order valence-electron chi connectivity index (χ0n) is 19.8. The predicted octanol–water partition coefficient (Wildman–Crippen LogP) is 4.57. The Morgan fingerprint density at radius 3 is 2.56 bits per heavy atom. The minimum atomic E-state index is -4.28. The summed E-state index contributed by atoms with van der Waals surface area (Å²) in [5, 5.41) is 0.386. The first kappa shape index (κ1) is 25.0. The molecule has 10 heteroatoms. The van der Waals surface area contributed by atoms with Gasteiger partial charge in [-0.2, -0.15) is 0 Å². The second-order valence-electron chi connectivity index (χ2n) is 9.30. The van der Waals surface area contributed by atoms with Crippen LogP contribution in [0, 0.1) is 17.5 Å². The van der Waals surface area contributed by atoms with Gasteiger partial charge in [-0.05, 0) is 62.1 Å². The summed E-state index contributed by atoms with van der Waals surface area (Å²) in [7, 11) is -4.28. The molecule has 1 atom stereocenters. The minimum absolute atomic E-state index is 0.0365. The van der Waals surface area contributed by atoms with Gasteiger partial charge in [-0.15, -0.1) is 0 Å². The fraction of sp³-hybridized carbons (Fsp3) is 0.423. The molecule has 0 radical (unpaired) electrons. The van der Waals surface area contributed by atoms with Crippen molar-refractivity contribution in [3.63, 3.8) is 0 Å². The summed E-state index contributed by atoms with van der Waals surface area (Å²) in [5.41, 5.74) is 0.837. The summed E-state index contributed by atoms with van der Waals surface area (Å²) in [6.07, 6.45) is 4.79. The van der Waals surface area contributed by atoms with Crippen molar-refractivity contribution in [2.45, 2.75) is 41.5 Å². The van der Waals surface area contributed by atoms with Crippen LogP contribution in [0.1, 0.15) is 25.7 Å². The lowest BCUT2D eigenvalue weighted by molar-refractivity contribution is 0.0362. The topological polar surface area (TPSA) is 62.7 Å². The van der Waals surface area contributed by atoms with Crippen LogP contribution in [0.25, 0.3) is 10.9 Å². The molecule has 0 unspecified atom stereocenters. The third kappa shape index (κ3) is 4.94. The van der Waals surface area contributed by atoms with E-state index >= 15 is 0 Å². The fourth-order valence-electron chi connectivity index (χ4n) is 5.15. The van der Waals surface area contributed by atoms with Crippen molar-refractivity contribution in [3.8, 4) is 0 Å². The molecule has 2 aliphatic heterocycles. The Kier molecular flexibility index (Phi) is 7.18. The molecule has 2 saturated heterocycles. The van der Waals surface area contributed by atoms with Crippen LogP contribution in [0.5, 0.6) is 0 Å². The zero-order chi connectivity index (χ0) is 25.3. The number of halogens is 3. The van der Waals surface area contributed by atoms with Crippen LogP contribution < -0.4 is 4.90 Å². The largest absolute Gasteiger partial charge is 0.379 e. The van der Waals surface area contributed by atoms with E-state index < -0.39 is 27.3 Å². The second kappa shape index (κ2) is 10.4. The quantitative estimate of drug-likeness (QED) is 0.445. The number of sulfone groups is 1. The molecule has 0 bridgehead atoms. The van der Waals surface area contributed by atoms with Gasteiger partial charge < -0.3 is 9.64 Å². The lowest BCUT2D eigenvalue weighted by Gasteiger charge is -2.40. The summed E-state index contributed by atoms with van der Waals surface area (Å²) >= 11 is 0. The number of anilines is 1. The Bertz CT molecular complexity index is 1360. The molecular weight excluding hydrogens is 491 g/mol. The number of rotatable bonds is 6. The van der Waals surface area contributed by atoms with E-state index in [0.717, 1.165) is 57.5 Å². The van der Waals surface area contributed by atoms with Crippen LogP contribution >= 0.6 is 0 Å². The fourth-order valence-corrected chi connectivity index (χ4v) is 6.58. The first-order chi connectivity index (χ1) is 17.3. The first-order valence-corrected chi connectivity index (χ1v) is 13.7. The first-order valence-electron chi connectivity index (χ1n) is 12.2. The average molecular weight is 520 g/mol. The Balaban J connectivity index is 1.61. The number of benzene rings is 2. The lowest BCUT2D eigenvalue weighted by atomic mass is 9.97. The molecule has 5 rings (SSSR count). The van der Waals surface area contributed by atoms with Crippen molar-refractivity contribution < 1.29 is 26.3 Å². The molecule has 2 aromatic carbocycles. The monoisotopic (exact) mass is 519 g/mol. The molecular formula is C26H28F3N3O3S. The molecule has 6 nitrogen and oxygen atoms in total. The minimum Gasteiger partial charge on any atom is -0.379 e. The maximum Gasteiger partial charge on any atom is 0.210 e. The number of hydrogen-bond donors (Lipinski definition) is 0. The van der Waals surface area contributed by atoms with E-state index in [1.807, 2.05) is 0 Å². The maximum atomic E-state index is 14.4. The summed E-state index contributed by atoms with van der Waals surface area (Å²) in [4.78, 5) is 8.17. The van der Waals surface area contributed by atoms with Crippen molar-refractivity contribution in [2.75, 3.05) is 44.3 Å². The van der Waals surface area contributed by atoms with Crippen LogP contribution in [0.3, 0.4) is 0 Å². The Morgan fingerprint density at radius 2 is 1.78 bits per heavy atom. The van der Waals surface area contributed by atoms with Crippen molar-refractivity contribution in [1.82, 2.24) is 9.88 Å². The molecule has 192 valence electrons. The summed E-state index contributed by atoms with van der Waals surface area (Å²) < 4.78 is 74.9.